The number of carboxylic acids is 1. The van der Waals surface area contributed by atoms with Gasteiger partial charge in [-0.1, -0.05) is 5.16 Å². The highest BCUT2D eigenvalue weighted by Gasteiger charge is 2.25. The zero-order valence-corrected chi connectivity index (χ0v) is 17.2. The molecule has 0 radical (unpaired) electrons. The fourth-order valence-corrected chi connectivity index (χ4v) is 3.77. The minimum absolute atomic E-state index is 0.288. The molecule has 0 amide bonds. The van der Waals surface area contributed by atoms with E-state index in [0.29, 0.717) is 47.5 Å². The lowest BCUT2D eigenvalue weighted by atomic mass is 9.95. The topological polar surface area (TPSA) is 62.1 Å². The van der Waals surface area contributed by atoms with Gasteiger partial charge < -0.3 is 9.94 Å². The van der Waals surface area contributed by atoms with Crippen LogP contribution in [0.25, 0.3) is 0 Å². The molecule has 5 nitrogen and oxygen atoms in total. The molecule has 1 heterocycles. The molecule has 2 aromatic rings. The number of oxime groups is 1. The number of hydrogen-bond donors (Lipinski definition) is 1. The Morgan fingerprint density at radius 1 is 1.13 bits per heavy atom. The Kier molecular flexibility index (Phi) is 7.15. The minimum Gasteiger partial charge on any atom is -0.481 e. The number of likely N-dealkylation sites (tertiary alicyclic amines) is 1. The summed E-state index contributed by atoms with van der Waals surface area (Å²) in [5.41, 5.74) is 3.31. The number of nitrogens with zero attached hydrogens (tertiary/aromatic N) is 2. The van der Waals surface area contributed by atoms with Gasteiger partial charge in [0.15, 0.2) is 0 Å². The van der Waals surface area contributed by atoms with E-state index in [9.17, 15) is 18.7 Å². The van der Waals surface area contributed by atoms with E-state index < -0.39 is 5.97 Å². The Hall–Kier alpha value is -2.80. The predicted molar refractivity (Wildman–Crippen MR) is 111 cm³/mol. The van der Waals surface area contributed by atoms with E-state index in [2.05, 4.69) is 10.1 Å². The standard InChI is InChI=1S/C23H26F2N2O3/c1-15-12-18(24)5-7-20(15)22(21-8-6-19(25)13-16(21)2)26-30-11-10-27-9-3-4-17(14-27)23(28)29/h5-8,12-13,17H,3-4,9-11,14H2,1-2H3,(H,28,29). The second kappa shape index (κ2) is 9.80. The normalized spacial score (nSPS) is 16.9. The molecule has 1 unspecified atom stereocenters. The van der Waals surface area contributed by atoms with E-state index in [1.807, 2.05) is 0 Å². The highest BCUT2D eigenvalue weighted by atomic mass is 19.1. The van der Waals surface area contributed by atoms with Gasteiger partial charge in [-0.2, -0.15) is 0 Å². The maximum Gasteiger partial charge on any atom is 0.307 e. The van der Waals surface area contributed by atoms with Crippen LogP contribution in [0.5, 0.6) is 0 Å². The van der Waals surface area contributed by atoms with Gasteiger partial charge >= 0.3 is 5.97 Å². The summed E-state index contributed by atoms with van der Waals surface area (Å²) in [6, 6.07) is 8.83. The summed E-state index contributed by atoms with van der Waals surface area (Å²) in [4.78, 5) is 18.9. The Morgan fingerprint density at radius 2 is 1.73 bits per heavy atom. The Balaban J connectivity index is 1.77. The highest BCUT2D eigenvalue weighted by molar-refractivity contribution is 6.14. The molecule has 3 rings (SSSR count). The SMILES string of the molecule is Cc1cc(F)ccc1C(=NOCCN1CCCC(C(=O)O)C1)c1ccc(F)cc1C. The third-order valence-electron chi connectivity index (χ3n) is 5.40. The molecule has 2 aromatic carbocycles. The fraction of sp³-hybridized carbons (Fsp3) is 0.391. The van der Waals surface area contributed by atoms with E-state index in [-0.39, 0.29) is 24.2 Å². The van der Waals surface area contributed by atoms with Crippen LogP contribution >= 0.6 is 0 Å². The monoisotopic (exact) mass is 416 g/mol. The van der Waals surface area contributed by atoms with Crippen LogP contribution in [0.1, 0.15) is 35.1 Å². The third kappa shape index (κ3) is 5.42. The second-order valence-corrected chi connectivity index (χ2v) is 7.67. The van der Waals surface area contributed by atoms with E-state index in [1.54, 1.807) is 26.0 Å². The number of carboxylic acid groups (broad SMARTS) is 1. The Morgan fingerprint density at radius 3 is 2.27 bits per heavy atom. The second-order valence-electron chi connectivity index (χ2n) is 7.67. The number of carbonyl (C=O) groups is 1. The van der Waals surface area contributed by atoms with E-state index in [1.165, 1.54) is 24.3 Å². The van der Waals surface area contributed by atoms with Crippen molar-refractivity contribution in [2.75, 3.05) is 26.2 Å². The van der Waals surface area contributed by atoms with E-state index >= 15 is 0 Å². The zero-order valence-electron chi connectivity index (χ0n) is 17.2. The molecule has 0 aromatic heterocycles. The van der Waals surface area contributed by atoms with Crippen LogP contribution in [0.3, 0.4) is 0 Å². The van der Waals surface area contributed by atoms with Crippen LogP contribution < -0.4 is 0 Å². The molecule has 0 aliphatic carbocycles. The Labute approximate surface area is 175 Å². The zero-order chi connectivity index (χ0) is 21.7. The number of hydrogen-bond acceptors (Lipinski definition) is 4. The largest absolute Gasteiger partial charge is 0.481 e. The molecular formula is C23H26F2N2O3. The van der Waals surface area contributed by atoms with Crippen molar-refractivity contribution in [3.63, 3.8) is 0 Å². The average molecular weight is 416 g/mol. The van der Waals surface area contributed by atoms with Crippen LogP contribution in [0.2, 0.25) is 0 Å². The highest BCUT2D eigenvalue weighted by Crippen LogP contribution is 2.21. The van der Waals surface area contributed by atoms with Crippen molar-refractivity contribution in [1.82, 2.24) is 4.90 Å². The third-order valence-corrected chi connectivity index (χ3v) is 5.40. The lowest BCUT2D eigenvalue weighted by molar-refractivity contribution is -0.143. The van der Waals surface area contributed by atoms with Crippen molar-refractivity contribution in [1.29, 1.82) is 0 Å². The van der Waals surface area contributed by atoms with Gasteiger partial charge in [-0.05, 0) is 80.8 Å². The van der Waals surface area contributed by atoms with Crippen LogP contribution in [0, 0.1) is 31.4 Å². The number of piperidine rings is 1. The summed E-state index contributed by atoms with van der Waals surface area (Å²) in [5.74, 6) is -1.79. The van der Waals surface area contributed by atoms with Gasteiger partial charge in [-0.25, -0.2) is 8.78 Å². The maximum atomic E-state index is 13.6. The summed E-state index contributed by atoms with van der Waals surface area (Å²) < 4.78 is 27.2. The lowest BCUT2D eigenvalue weighted by Crippen LogP contribution is -2.40. The number of aryl methyl sites for hydroxylation is 2. The lowest BCUT2D eigenvalue weighted by Gasteiger charge is -2.30. The van der Waals surface area contributed by atoms with E-state index in [4.69, 9.17) is 4.84 Å². The predicted octanol–water partition coefficient (Wildman–Crippen LogP) is 4.15. The first-order valence-corrected chi connectivity index (χ1v) is 10.0. The van der Waals surface area contributed by atoms with Crippen molar-refractivity contribution in [2.24, 2.45) is 11.1 Å². The first-order valence-electron chi connectivity index (χ1n) is 10.0. The summed E-state index contributed by atoms with van der Waals surface area (Å²) >= 11 is 0. The minimum atomic E-state index is -0.764. The summed E-state index contributed by atoms with van der Waals surface area (Å²) in [6.07, 6.45) is 1.54. The van der Waals surface area contributed by atoms with Gasteiger partial charge in [-0.3, -0.25) is 9.69 Å². The summed E-state index contributed by atoms with van der Waals surface area (Å²) in [7, 11) is 0. The average Bonchev–Trinajstić information content (AvgIpc) is 2.70. The van der Waals surface area contributed by atoms with Gasteiger partial charge in [0.25, 0.3) is 0 Å². The smallest absolute Gasteiger partial charge is 0.307 e. The molecule has 0 saturated carbocycles. The molecule has 30 heavy (non-hydrogen) atoms. The molecular weight excluding hydrogens is 390 g/mol. The van der Waals surface area contributed by atoms with Gasteiger partial charge in [0.05, 0.1) is 5.92 Å². The first kappa shape index (κ1) is 21.9. The van der Waals surface area contributed by atoms with Crippen LogP contribution in [0.15, 0.2) is 41.6 Å². The van der Waals surface area contributed by atoms with Crippen LogP contribution in [0.4, 0.5) is 8.78 Å². The first-order chi connectivity index (χ1) is 14.3. The fourth-order valence-electron chi connectivity index (χ4n) is 3.77. The molecule has 7 heteroatoms. The molecule has 0 spiro atoms. The number of rotatable bonds is 7. The number of halogens is 2. The number of aliphatic carboxylic acids is 1. The van der Waals surface area contributed by atoms with Crippen molar-refractivity contribution in [2.45, 2.75) is 26.7 Å². The quantitative estimate of drug-likeness (QED) is 0.419. The van der Waals surface area contributed by atoms with Crippen molar-refractivity contribution >= 4 is 11.7 Å². The molecule has 1 aliphatic rings. The van der Waals surface area contributed by atoms with Crippen LogP contribution in [-0.2, 0) is 9.63 Å². The van der Waals surface area contributed by atoms with Gasteiger partial charge in [0.2, 0.25) is 0 Å². The molecule has 1 aliphatic heterocycles. The van der Waals surface area contributed by atoms with E-state index in [0.717, 1.165) is 13.0 Å². The summed E-state index contributed by atoms with van der Waals surface area (Å²) in [5, 5.41) is 13.5. The maximum absolute atomic E-state index is 13.6. The summed E-state index contributed by atoms with van der Waals surface area (Å²) in [6.45, 7) is 5.75. The molecule has 1 atom stereocenters. The molecule has 1 fully saturated rings. The van der Waals surface area contributed by atoms with Gasteiger partial charge in [0, 0.05) is 24.2 Å². The van der Waals surface area contributed by atoms with Gasteiger partial charge in [0.1, 0.15) is 24.0 Å². The molecule has 1 N–H and O–H groups in total. The van der Waals surface area contributed by atoms with Crippen LogP contribution in [-0.4, -0.2) is 47.9 Å². The van der Waals surface area contributed by atoms with Crippen molar-refractivity contribution in [3.05, 3.63) is 70.3 Å². The molecule has 160 valence electrons. The Bertz CT molecular complexity index is 893. The number of benzene rings is 2. The molecule has 1 saturated heterocycles. The molecule has 0 bridgehead atoms. The van der Waals surface area contributed by atoms with Gasteiger partial charge in [-0.15, -0.1) is 0 Å². The van der Waals surface area contributed by atoms with Crippen molar-refractivity contribution < 1.29 is 23.5 Å². The van der Waals surface area contributed by atoms with Crippen molar-refractivity contribution in [3.8, 4) is 0 Å².